The largest absolute Gasteiger partial charge is 0.423 e. The van der Waals surface area contributed by atoms with Gasteiger partial charge in [0, 0.05) is 36.1 Å². The van der Waals surface area contributed by atoms with E-state index in [4.69, 9.17) is 20.8 Å². The molecular formula is C21H20ClNO3. The molecule has 5 heteroatoms. The zero-order chi connectivity index (χ0) is 18.1. The number of hydrogen-bond donors (Lipinski definition) is 0. The maximum absolute atomic E-state index is 12.0. The first-order valence-electron chi connectivity index (χ1n) is 8.71. The van der Waals surface area contributed by atoms with Gasteiger partial charge < -0.3 is 9.15 Å². The number of morpholine rings is 1. The second kappa shape index (κ2) is 7.23. The van der Waals surface area contributed by atoms with E-state index in [1.165, 1.54) is 0 Å². The molecule has 0 N–H and O–H groups in total. The molecule has 1 unspecified atom stereocenters. The van der Waals surface area contributed by atoms with Crippen molar-refractivity contribution in [2.45, 2.75) is 19.6 Å². The highest BCUT2D eigenvalue weighted by atomic mass is 35.5. The van der Waals surface area contributed by atoms with Gasteiger partial charge >= 0.3 is 5.63 Å². The molecule has 3 aromatic rings. The maximum Gasteiger partial charge on any atom is 0.336 e. The highest BCUT2D eigenvalue weighted by Gasteiger charge is 2.22. The first-order chi connectivity index (χ1) is 12.6. The molecule has 1 aliphatic heterocycles. The number of rotatable bonds is 3. The summed E-state index contributed by atoms with van der Waals surface area (Å²) < 4.78 is 11.3. The normalized spacial score (nSPS) is 18.3. The molecule has 1 aliphatic rings. The summed E-state index contributed by atoms with van der Waals surface area (Å²) in [6.45, 7) is 4.95. The standard InChI is InChI=1S/C21H20ClNO3/c1-14-2-7-18-16(11-21(24)26-19(18)10-14)12-23-8-9-25-20(13-23)15-3-5-17(22)6-4-15/h2-7,10-11,20H,8-9,12-13H2,1H3. The van der Waals surface area contributed by atoms with Crippen LogP contribution >= 0.6 is 11.6 Å². The Morgan fingerprint density at radius 1 is 1.15 bits per heavy atom. The third-order valence-electron chi connectivity index (χ3n) is 4.77. The lowest BCUT2D eigenvalue weighted by Crippen LogP contribution is -2.38. The van der Waals surface area contributed by atoms with Gasteiger partial charge in [-0.3, -0.25) is 4.90 Å². The highest BCUT2D eigenvalue weighted by Crippen LogP contribution is 2.26. The minimum Gasteiger partial charge on any atom is -0.423 e. The second-order valence-corrected chi connectivity index (χ2v) is 7.17. The lowest BCUT2D eigenvalue weighted by atomic mass is 10.1. The van der Waals surface area contributed by atoms with Crippen molar-refractivity contribution >= 4 is 22.6 Å². The fourth-order valence-corrected chi connectivity index (χ4v) is 3.56. The summed E-state index contributed by atoms with van der Waals surface area (Å²) in [7, 11) is 0. The minimum atomic E-state index is -0.305. The Labute approximate surface area is 156 Å². The van der Waals surface area contributed by atoms with Crippen molar-refractivity contribution in [3.8, 4) is 0 Å². The van der Waals surface area contributed by atoms with Crippen LogP contribution in [0.3, 0.4) is 0 Å². The SMILES string of the molecule is Cc1ccc2c(CN3CCOC(c4ccc(Cl)cc4)C3)cc(=O)oc2c1. The average Bonchev–Trinajstić information content (AvgIpc) is 2.62. The van der Waals surface area contributed by atoms with E-state index in [-0.39, 0.29) is 11.7 Å². The first kappa shape index (κ1) is 17.3. The molecule has 4 nitrogen and oxygen atoms in total. The van der Waals surface area contributed by atoms with Crippen molar-refractivity contribution in [3.05, 3.63) is 80.7 Å². The van der Waals surface area contributed by atoms with Gasteiger partial charge in [-0.15, -0.1) is 0 Å². The van der Waals surface area contributed by atoms with Crippen molar-refractivity contribution in [2.24, 2.45) is 0 Å². The molecule has 1 fully saturated rings. The van der Waals surface area contributed by atoms with Gasteiger partial charge in [0.25, 0.3) is 0 Å². The number of halogens is 1. The zero-order valence-electron chi connectivity index (χ0n) is 14.6. The van der Waals surface area contributed by atoms with Gasteiger partial charge in [-0.1, -0.05) is 35.9 Å². The van der Waals surface area contributed by atoms with Crippen LogP contribution in [0, 0.1) is 6.92 Å². The van der Waals surface area contributed by atoms with Gasteiger partial charge in [-0.05, 0) is 41.8 Å². The van der Waals surface area contributed by atoms with Gasteiger partial charge in [0.1, 0.15) is 5.58 Å². The third kappa shape index (κ3) is 3.68. The number of aryl methyl sites for hydroxylation is 1. The van der Waals surface area contributed by atoms with Crippen LogP contribution in [0.4, 0.5) is 0 Å². The molecular weight excluding hydrogens is 350 g/mol. The van der Waals surface area contributed by atoms with Gasteiger partial charge in [0.05, 0.1) is 12.7 Å². The summed E-state index contributed by atoms with van der Waals surface area (Å²) in [5, 5.41) is 1.71. The quantitative estimate of drug-likeness (QED) is 0.644. The Morgan fingerprint density at radius 2 is 1.96 bits per heavy atom. The highest BCUT2D eigenvalue weighted by molar-refractivity contribution is 6.30. The molecule has 0 spiro atoms. The smallest absolute Gasteiger partial charge is 0.336 e. The summed E-state index contributed by atoms with van der Waals surface area (Å²) in [5.74, 6) is 0. The van der Waals surface area contributed by atoms with E-state index in [1.807, 2.05) is 49.4 Å². The van der Waals surface area contributed by atoms with Crippen LogP contribution in [0.5, 0.6) is 0 Å². The van der Waals surface area contributed by atoms with Gasteiger partial charge in [0.15, 0.2) is 0 Å². The number of benzene rings is 2. The molecule has 2 heterocycles. The molecule has 26 heavy (non-hydrogen) atoms. The Hall–Kier alpha value is -2.14. The van der Waals surface area contributed by atoms with E-state index >= 15 is 0 Å². The molecule has 1 aromatic heterocycles. The van der Waals surface area contributed by atoms with Crippen molar-refractivity contribution < 1.29 is 9.15 Å². The van der Waals surface area contributed by atoms with Gasteiger partial charge in [-0.2, -0.15) is 0 Å². The monoisotopic (exact) mass is 369 g/mol. The van der Waals surface area contributed by atoms with Crippen LogP contribution in [0.2, 0.25) is 5.02 Å². The molecule has 0 radical (unpaired) electrons. The summed E-state index contributed by atoms with van der Waals surface area (Å²) in [5.41, 5.74) is 3.53. The van der Waals surface area contributed by atoms with Gasteiger partial charge in [0.2, 0.25) is 0 Å². The molecule has 134 valence electrons. The number of nitrogens with zero attached hydrogens (tertiary/aromatic N) is 1. The maximum atomic E-state index is 12.0. The number of fused-ring (bicyclic) bond motifs is 1. The van der Waals surface area contributed by atoms with Crippen molar-refractivity contribution in [1.82, 2.24) is 4.90 Å². The predicted molar refractivity (Wildman–Crippen MR) is 103 cm³/mol. The van der Waals surface area contributed by atoms with E-state index in [0.29, 0.717) is 18.7 Å². The fraction of sp³-hybridized carbons (Fsp3) is 0.286. The topological polar surface area (TPSA) is 42.7 Å². The van der Waals surface area contributed by atoms with Crippen LogP contribution < -0.4 is 5.63 Å². The Kier molecular flexibility index (Phi) is 4.81. The van der Waals surface area contributed by atoms with E-state index in [0.717, 1.165) is 40.2 Å². The molecule has 1 atom stereocenters. The van der Waals surface area contributed by atoms with Gasteiger partial charge in [-0.25, -0.2) is 4.79 Å². The molecule has 0 amide bonds. The zero-order valence-corrected chi connectivity index (χ0v) is 15.3. The van der Waals surface area contributed by atoms with Crippen LogP contribution in [0.15, 0.2) is 57.7 Å². The molecule has 1 saturated heterocycles. The Bertz CT molecular complexity index is 981. The minimum absolute atomic E-state index is 0.00893. The van der Waals surface area contributed by atoms with Crippen molar-refractivity contribution in [3.63, 3.8) is 0 Å². The summed E-state index contributed by atoms with van der Waals surface area (Å²) in [6.07, 6.45) is 0.00893. The molecule has 4 rings (SSSR count). The molecule has 0 aliphatic carbocycles. The van der Waals surface area contributed by atoms with Crippen molar-refractivity contribution in [2.75, 3.05) is 19.7 Å². The first-order valence-corrected chi connectivity index (χ1v) is 9.09. The third-order valence-corrected chi connectivity index (χ3v) is 5.02. The van der Waals surface area contributed by atoms with E-state index in [9.17, 15) is 4.79 Å². The van der Waals surface area contributed by atoms with Crippen molar-refractivity contribution in [1.29, 1.82) is 0 Å². The lowest BCUT2D eigenvalue weighted by Gasteiger charge is -2.33. The summed E-state index contributed by atoms with van der Waals surface area (Å²) in [4.78, 5) is 14.3. The number of hydrogen-bond acceptors (Lipinski definition) is 4. The number of ether oxygens (including phenoxy) is 1. The molecule has 0 saturated carbocycles. The van der Waals surface area contributed by atoms with E-state index in [1.54, 1.807) is 6.07 Å². The van der Waals surface area contributed by atoms with Crippen LogP contribution in [0.25, 0.3) is 11.0 Å². The Morgan fingerprint density at radius 3 is 2.77 bits per heavy atom. The van der Waals surface area contributed by atoms with E-state index < -0.39 is 0 Å². The fourth-order valence-electron chi connectivity index (χ4n) is 3.43. The van der Waals surface area contributed by atoms with Crippen LogP contribution in [-0.2, 0) is 11.3 Å². The van der Waals surface area contributed by atoms with Crippen LogP contribution in [0.1, 0.15) is 22.8 Å². The predicted octanol–water partition coefficient (Wildman–Crippen LogP) is 4.33. The molecule has 2 aromatic carbocycles. The summed E-state index contributed by atoms with van der Waals surface area (Å²) in [6, 6.07) is 15.4. The lowest BCUT2D eigenvalue weighted by molar-refractivity contribution is -0.0328. The van der Waals surface area contributed by atoms with Crippen LogP contribution in [-0.4, -0.2) is 24.6 Å². The molecule has 0 bridgehead atoms. The Balaban J connectivity index is 1.58. The van der Waals surface area contributed by atoms with E-state index in [2.05, 4.69) is 4.90 Å². The summed E-state index contributed by atoms with van der Waals surface area (Å²) >= 11 is 5.98. The average molecular weight is 370 g/mol. The second-order valence-electron chi connectivity index (χ2n) is 6.74.